The predicted octanol–water partition coefficient (Wildman–Crippen LogP) is 4.44. The maximum atomic E-state index is 13.1. The van der Waals surface area contributed by atoms with Crippen molar-refractivity contribution in [3.05, 3.63) is 55.9 Å². The maximum absolute atomic E-state index is 13.1. The van der Waals surface area contributed by atoms with Crippen LogP contribution in [0.1, 0.15) is 16.5 Å². The van der Waals surface area contributed by atoms with Gasteiger partial charge in [-0.1, -0.05) is 23.2 Å². The van der Waals surface area contributed by atoms with E-state index in [2.05, 4.69) is 0 Å². The molecule has 17 heavy (non-hydrogen) atoms. The van der Waals surface area contributed by atoms with E-state index in [0.29, 0.717) is 22.0 Å². The fraction of sp³-hybridized carbons (Fsp3) is 0.167. The number of rotatable bonds is 3. The van der Waals surface area contributed by atoms with Crippen molar-refractivity contribution in [2.24, 2.45) is 5.73 Å². The van der Waals surface area contributed by atoms with Crippen LogP contribution >= 0.6 is 34.5 Å². The van der Waals surface area contributed by atoms with E-state index in [-0.39, 0.29) is 11.9 Å². The molecule has 0 amide bonds. The van der Waals surface area contributed by atoms with Crippen LogP contribution in [0.3, 0.4) is 0 Å². The van der Waals surface area contributed by atoms with E-state index >= 15 is 0 Å². The largest absolute Gasteiger partial charge is 0.323 e. The second kappa shape index (κ2) is 5.36. The van der Waals surface area contributed by atoms with Crippen molar-refractivity contribution in [2.45, 2.75) is 12.5 Å². The molecule has 0 aliphatic carbocycles. The molecule has 90 valence electrons. The lowest BCUT2D eigenvalue weighted by Crippen LogP contribution is -2.12. The van der Waals surface area contributed by atoms with Gasteiger partial charge in [0.25, 0.3) is 0 Å². The number of hydrogen-bond donors (Lipinski definition) is 1. The summed E-state index contributed by atoms with van der Waals surface area (Å²) in [4.78, 5) is 0.895. The highest BCUT2D eigenvalue weighted by atomic mass is 35.5. The van der Waals surface area contributed by atoms with Crippen molar-refractivity contribution in [1.29, 1.82) is 0 Å². The van der Waals surface area contributed by atoms with Gasteiger partial charge in [0.05, 0.1) is 5.02 Å². The molecule has 1 unspecified atom stereocenters. The molecule has 0 saturated heterocycles. The van der Waals surface area contributed by atoms with Gasteiger partial charge in [-0.15, -0.1) is 11.3 Å². The van der Waals surface area contributed by atoms with Crippen molar-refractivity contribution < 1.29 is 4.39 Å². The van der Waals surface area contributed by atoms with Crippen LogP contribution in [0, 0.1) is 5.82 Å². The van der Waals surface area contributed by atoms with Gasteiger partial charge in [-0.25, -0.2) is 4.39 Å². The van der Waals surface area contributed by atoms with Gasteiger partial charge < -0.3 is 5.73 Å². The molecule has 0 fully saturated rings. The second-order valence-electron chi connectivity index (χ2n) is 3.68. The van der Waals surface area contributed by atoms with E-state index in [1.54, 1.807) is 6.07 Å². The number of hydrogen-bond acceptors (Lipinski definition) is 2. The normalized spacial score (nSPS) is 12.7. The summed E-state index contributed by atoms with van der Waals surface area (Å²) in [6.45, 7) is 0. The molecule has 1 aromatic heterocycles. The van der Waals surface area contributed by atoms with Crippen LogP contribution in [0.4, 0.5) is 4.39 Å². The molecular weight excluding hydrogens is 280 g/mol. The van der Waals surface area contributed by atoms with Crippen molar-refractivity contribution in [1.82, 2.24) is 0 Å². The van der Waals surface area contributed by atoms with E-state index in [1.165, 1.54) is 29.5 Å². The molecule has 1 atom stereocenters. The van der Waals surface area contributed by atoms with Gasteiger partial charge >= 0.3 is 0 Å². The summed E-state index contributed by atoms with van der Waals surface area (Å²) in [5.74, 6) is -0.311. The first-order chi connectivity index (χ1) is 8.08. The summed E-state index contributed by atoms with van der Waals surface area (Å²) in [5, 5.41) is 3.05. The molecule has 0 spiro atoms. The highest BCUT2D eigenvalue weighted by Gasteiger charge is 2.14. The van der Waals surface area contributed by atoms with Crippen molar-refractivity contribution in [3.63, 3.8) is 0 Å². The Kier molecular flexibility index (Phi) is 4.05. The van der Waals surface area contributed by atoms with Crippen molar-refractivity contribution in [3.8, 4) is 0 Å². The zero-order valence-electron chi connectivity index (χ0n) is 8.79. The Labute approximate surface area is 113 Å². The molecule has 0 radical (unpaired) electrons. The molecule has 2 rings (SSSR count). The minimum absolute atomic E-state index is 0.262. The molecular formula is C12H10Cl2FNS. The van der Waals surface area contributed by atoms with Gasteiger partial charge in [-0.2, -0.15) is 0 Å². The third-order valence-electron chi connectivity index (χ3n) is 2.43. The summed E-state index contributed by atoms with van der Waals surface area (Å²) in [5.41, 5.74) is 6.73. The Balaban J connectivity index is 2.21. The van der Waals surface area contributed by atoms with E-state index in [4.69, 9.17) is 28.9 Å². The van der Waals surface area contributed by atoms with Crippen LogP contribution in [0.25, 0.3) is 0 Å². The van der Waals surface area contributed by atoms with Crippen LogP contribution in [0.2, 0.25) is 10.0 Å². The highest BCUT2D eigenvalue weighted by Crippen LogP contribution is 2.30. The molecule has 1 nitrogen and oxygen atoms in total. The molecule has 2 N–H and O–H groups in total. The number of thiophene rings is 1. The topological polar surface area (TPSA) is 26.0 Å². The lowest BCUT2D eigenvalue weighted by molar-refractivity contribution is 0.622. The van der Waals surface area contributed by atoms with E-state index < -0.39 is 0 Å². The molecule has 1 heterocycles. The third-order valence-corrected chi connectivity index (χ3v) is 4.29. The number of nitrogens with two attached hydrogens (primary N) is 1. The third kappa shape index (κ3) is 2.99. The lowest BCUT2D eigenvalue weighted by Gasteiger charge is -2.11. The Bertz CT molecular complexity index is 527. The Morgan fingerprint density at radius 1 is 1.24 bits per heavy atom. The quantitative estimate of drug-likeness (QED) is 0.888. The first-order valence-electron chi connectivity index (χ1n) is 5.00. The van der Waals surface area contributed by atoms with Gasteiger partial charge in [-0.3, -0.25) is 0 Å². The minimum Gasteiger partial charge on any atom is -0.323 e. The zero-order chi connectivity index (χ0) is 12.4. The molecule has 5 heteroatoms. The molecule has 2 aromatic rings. The van der Waals surface area contributed by atoms with Gasteiger partial charge in [0.15, 0.2) is 0 Å². The predicted molar refractivity (Wildman–Crippen MR) is 71.4 cm³/mol. The monoisotopic (exact) mass is 289 g/mol. The molecule has 0 bridgehead atoms. The standard InChI is InChI=1S/C12H10Cl2FNS/c13-9-2-1-8(15)5-7(9)6-11(16)12-10(14)3-4-17-12/h1-5,11H,6,16H2. The van der Waals surface area contributed by atoms with Crippen LogP contribution < -0.4 is 5.73 Å². The minimum atomic E-state index is -0.311. The summed E-state index contributed by atoms with van der Waals surface area (Å²) < 4.78 is 13.1. The van der Waals surface area contributed by atoms with Crippen molar-refractivity contribution >= 4 is 34.5 Å². The first-order valence-corrected chi connectivity index (χ1v) is 6.64. The Morgan fingerprint density at radius 3 is 2.65 bits per heavy atom. The fourth-order valence-electron chi connectivity index (χ4n) is 1.60. The van der Waals surface area contributed by atoms with Crippen molar-refractivity contribution in [2.75, 3.05) is 0 Å². The smallest absolute Gasteiger partial charge is 0.123 e. The summed E-state index contributed by atoms with van der Waals surface area (Å²) in [6.07, 6.45) is 0.469. The van der Waals surface area contributed by atoms with Gasteiger partial charge in [0.1, 0.15) is 5.82 Å². The van der Waals surface area contributed by atoms with Crippen LogP contribution in [0.15, 0.2) is 29.6 Å². The van der Waals surface area contributed by atoms with Crippen LogP contribution in [0.5, 0.6) is 0 Å². The molecule has 0 aliphatic heterocycles. The average Bonchev–Trinajstić information content (AvgIpc) is 2.70. The van der Waals surface area contributed by atoms with Crippen LogP contribution in [-0.2, 0) is 6.42 Å². The lowest BCUT2D eigenvalue weighted by atomic mass is 10.1. The van der Waals surface area contributed by atoms with E-state index in [9.17, 15) is 4.39 Å². The number of benzene rings is 1. The highest BCUT2D eigenvalue weighted by molar-refractivity contribution is 7.10. The van der Waals surface area contributed by atoms with Gasteiger partial charge in [0, 0.05) is 15.9 Å². The Hall–Kier alpha value is -0.610. The molecule has 1 aromatic carbocycles. The average molecular weight is 290 g/mol. The van der Waals surface area contributed by atoms with E-state index in [0.717, 1.165) is 4.88 Å². The number of halogens is 3. The second-order valence-corrected chi connectivity index (χ2v) is 5.44. The molecule has 0 saturated carbocycles. The zero-order valence-corrected chi connectivity index (χ0v) is 11.1. The van der Waals surface area contributed by atoms with Crippen LogP contribution in [-0.4, -0.2) is 0 Å². The maximum Gasteiger partial charge on any atom is 0.123 e. The summed E-state index contributed by atoms with van der Waals surface area (Å²) in [7, 11) is 0. The summed E-state index contributed by atoms with van der Waals surface area (Å²) in [6, 6.07) is 5.81. The van der Waals surface area contributed by atoms with Gasteiger partial charge in [0.2, 0.25) is 0 Å². The fourth-order valence-corrected chi connectivity index (χ4v) is 3.00. The van der Waals surface area contributed by atoms with Gasteiger partial charge in [-0.05, 0) is 41.6 Å². The first kappa shape index (κ1) is 12.8. The summed E-state index contributed by atoms with van der Waals surface area (Å²) >= 11 is 13.5. The van der Waals surface area contributed by atoms with E-state index in [1.807, 2.05) is 5.38 Å². The SMILES string of the molecule is NC(Cc1cc(F)ccc1Cl)c1sccc1Cl. The Morgan fingerprint density at radius 2 is 2.00 bits per heavy atom. The molecule has 0 aliphatic rings.